The van der Waals surface area contributed by atoms with Crippen molar-refractivity contribution in [3.63, 3.8) is 0 Å². The third-order valence-electron chi connectivity index (χ3n) is 3.36. The van der Waals surface area contributed by atoms with E-state index in [2.05, 4.69) is 29.4 Å². The first-order chi connectivity index (χ1) is 9.74. The smallest absolute Gasteiger partial charge is 0.115 e. The number of phenolic OH excluding ortho intramolecular Hbond substituents is 1. The lowest BCUT2D eigenvalue weighted by Gasteiger charge is -2.13. The van der Waals surface area contributed by atoms with Crippen LogP contribution in [-0.4, -0.2) is 22.7 Å². The number of hydrogen-bond donors (Lipinski definition) is 2. The molecule has 2 rings (SSSR count). The van der Waals surface area contributed by atoms with Gasteiger partial charge in [0, 0.05) is 18.4 Å². The maximum absolute atomic E-state index is 9.22. The van der Waals surface area contributed by atoms with Crippen LogP contribution in [0.5, 0.6) is 5.75 Å². The van der Waals surface area contributed by atoms with Crippen molar-refractivity contribution in [3.8, 4) is 5.75 Å². The van der Waals surface area contributed by atoms with Gasteiger partial charge < -0.3 is 10.4 Å². The largest absolute Gasteiger partial charge is 0.508 e. The lowest BCUT2D eigenvalue weighted by Crippen LogP contribution is -2.29. The van der Waals surface area contributed by atoms with Gasteiger partial charge in [-0.15, -0.1) is 0 Å². The standard InChI is InChI=1S/C17H22N2O/c1-14(13-16-8-11-18-12-9-16)19-10-2-3-15-4-6-17(20)7-5-15/h4-9,11-12,14,19-20H,2-3,10,13H2,1H3. The molecule has 1 unspecified atom stereocenters. The molecule has 2 aromatic rings. The number of benzene rings is 1. The number of aryl methyl sites for hydroxylation is 1. The summed E-state index contributed by atoms with van der Waals surface area (Å²) in [7, 11) is 0. The van der Waals surface area contributed by atoms with Gasteiger partial charge in [-0.05, 0) is 68.1 Å². The molecule has 0 aliphatic heterocycles. The Morgan fingerprint density at radius 3 is 2.45 bits per heavy atom. The predicted molar refractivity (Wildman–Crippen MR) is 81.8 cm³/mol. The molecule has 1 aromatic heterocycles. The summed E-state index contributed by atoms with van der Waals surface area (Å²) in [4.78, 5) is 4.03. The summed E-state index contributed by atoms with van der Waals surface area (Å²) in [5, 5.41) is 12.8. The Labute approximate surface area is 120 Å². The number of aromatic nitrogens is 1. The first kappa shape index (κ1) is 14.5. The summed E-state index contributed by atoms with van der Waals surface area (Å²) in [5.41, 5.74) is 2.59. The molecule has 1 aromatic carbocycles. The van der Waals surface area contributed by atoms with Crippen LogP contribution in [0.15, 0.2) is 48.8 Å². The van der Waals surface area contributed by atoms with Crippen molar-refractivity contribution < 1.29 is 5.11 Å². The van der Waals surface area contributed by atoms with E-state index in [1.165, 1.54) is 11.1 Å². The van der Waals surface area contributed by atoms with E-state index in [9.17, 15) is 5.11 Å². The molecule has 0 saturated carbocycles. The minimum absolute atomic E-state index is 0.331. The Kier molecular flexibility index (Phi) is 5.56. The van der Waals surface area contributed by atoms with E-state index < -0.39 is 0 Å². The lowest BCUT2D eigenvalue weighted by molar-refractivity contribution is 0.475. The van der Waals surface area contributed by atoms with Gasteiger partial charge in [0.15, 0.2) is 0 Å². The molecule has 0 aliphatic carbocycles. The van der Waals surface area contributed by atoms with E-state index in [-0.39, 0.29) is 0 Å². The number of phenols is 1. The van der Waals surface area contributed by atoms with Crippen molar-refractivity contribution in [2.75, 3.05) is 6.54 Å². The van der Waals surface area contributed by atoms with Gasteiger partial charge in [0.1, 0.15) is 5.75 Å². The molecule has 3 nitrogen and oxygen atoms in total. The zero-order valence-electron chi connectivity index (χ0n) is 11.9. The highest BCUT2D eigenvalue weighted by Gasteiger charge is 2.02. The lowest BCUT2D eigenvalue weighted by atomic mass is 10.1. The summed E-state index contributed by atoms with van der Waals surface area (Å²) in [6, 6.07) is 12.1. The van der Waals surface area contributed by atoms with E-state index in [0.717, 1.165) is 25.8 Å². The average Bonchev–Trinajstić information content (AvgIpc) is 2.46. The highest BCUT2D eigenvalue weighted by Crippen LogP contribution is 2.10. The van der Waals surface area contributed by atoms with Gasteiger partial charge in [0.25, 0.3) is 0 Å². The van der Waals surface area contributed by atoms with Crippen LogP contribution in [0.1, 0.15) is 24.5 Å². The predicted octanol–water partition coefficient (Wildman–Crippen LogP) is 2.94. The molecule has 1 atom stereocenters. The summed E-state index contributed by atoms with van der Waals surface area (Å²) < 4.78 is 0. The van der Waals surface area contributed by atoms with Crippen LogP contribution in [0.25, 0.3) is 0 Å². The van der Waals surface area contributed by atoms with Gasteiger partial charge >= 0.3 is 0 Å². The van der Waals surface area contributed by atoms with E-state index in [1.807, 2.05) is 24.5 Å². The molecule has 0 bridgehead atoms. The van der Waals surface area contributed by atoms with E-state index in [1.54, 1.807) is 12.1 Å². The van der Waals surface area contributed by atoms with Crippen LogP contribution in [0.2, 0.25) is 0 Å². The van der Waals surface area contributed by atoms with Crippen LogP contribution in [0.3, 0.4) is 0 Å². The average molecular weight is 270 g/mol. The van der Waals surface area contributed by atoms with Gasteiger partial charge in [-0.1, -0.05) is 12.1 Å². The van der Waals surface area contributed by atoms with Crippen molar-refractivity contribution >= 4 is 0 Å². The fourth-order valence-corrected chi connectivity index (χ4v) is 2.25. The molecule has 106 valence electrons. The van der Waals surface area contributed by atoms with Gasteiger partial charge in [-0.2, -0.15) is 0 Å². The fourth-order valence-electron chi connectivity index (χ4n) is 2.25. The number of pyridine rings is 1. The Bertz CT molecular complexity index is 496. The van der Waals surface area contributed by atoms with E-state index in [0.29, 0.717) is 11.8 Å². The topological polar surface area (TPSA) is 45.2 Å². The second-order valence-corrected chi connectivity index (χ2v) is 5.18. The number of nitrogens with one attached hydrogen (secondary N) is 1. The molecule has 0 amide bonds. The van der Waals surface area contributed by atoms with Gasteiger partial charge in [0.05, 0.1) is 0 Å². The second-order valence-electron chi connectivity index (χ2n) is 5.18. The van der Waals surface area contributed by atoms with Crippen LogP contribution >= 0.6 is 0 Å². The number of rotatable bonds is 7. The highest BCUT2D eigenvalue weighted by molar-refractivity contribution is 5.25. The molecule has 0 radical (unpaired) electrons. The fraction of sp³-hybridized carbons (Fsp3) is 0.353. The molecule has 0 saturated heterocycles. The number of aromatic hydroxyl groups is 1. The normalized spacial score (nSPS) is 12.2. The Balaban J connectivity index is 1.64. The first-order valence-electron chi connectivity index (χ1n) is 7.14. The Morgan fingerprint density at radius 1 is 1.05 bits per heavy atom. The zero-order chi connectivity index (χ0) is 14.2. The quantitative estimate of drug-likeness (QED) is 0.760. The van der Waals surface area contributed by atoms with Gasteiger partial charge in [0.2, 0.25) is 0 Å². The zero-order valence-corrected chi connectivity index (χ0v) is 11.9. The third-order valence-corrected chi connectivity index (χ3v) is 3.36. The minimum atomic E-state index is 0.331. The molecular formula is C17H22N2O. The Morgan fingerprint density at radius 2 is 1.75 bits per heavy atom. The van der Waals surface area contributed by atoms with Crippen molar-refractivity contribution in [1.29, 1.82) is 0 Å². The summed E-state index contributed by atoms with van der Waals surface area (Å²) in [6.07, 6.45) is 6.85. The molecule has 1 heterocycles. The molecule has 0 fully saturated rings. The van der Waals surface area contributed by atoms with Crippen LogP contribution < -0.4 is 5.32 Å². The summed E-state index contributed by atoms with van der Waals surface area (Å²) in [5.74, 6) is 0.331. The van der Waals surface area contributed by atoms with Crippen molar-refractivity contribution in [2.45, 2.75) is 32.2 Å². The van der Waals surface area contributed by atoms with E-state index in [4.69, 9.17) is 0 Å². The molecular weight excluding hydrogens is 248 g/mol. The molecule has 0 aliphatic rings. The second kappa shape index (κ2) is 7.65. The van der Waals surface area contributed by atoms with Crippen molar-refractivity contribution in [3.05, 3.63) is 59.9 Å². The van der Waals surface area contributed by atoms with E-state index >= 15 is 0 Å². The van der Waals surface area contributed by atoms with Crippen LogP contribution in [0.4, 0.5) is 0 Å². The molecule has 0 spiro atoms. The maximum atomic E-state index is 9.22. The SMILES string of the molecule is CC(Cc1ccncc1)NCCCc1ccc(O)cc1. The number of nitrogens with zero attached hydrogens (tertiary/aromatic N) is 1. The minimum Gasteiger partial charge on any atom is -0.508 e. The van der Waals surface area contributed by atoms with Crippen LogP contribution in [0, 0.1) is 0 Å². The highest BCUT2D eigenvalue weighted by atomic mass is 16.3. The third kappa shape index (κ3) is 5.02. The monoisotopic (exact) mass is 270 g/mol. The molecule has 20 heavy (non-hydrogen) atoms. The number of hydrogen-bond acceptors (Lipinski definition) is 3. The van der Waals surface area contributed by atoms with Crippen LogP contribution in [-0.2, 0) is 12.8 Å². The summed E-state index contributed by atoms with van der Waals surface area (Å²) >= 11 is 0. The maximum Gasteiger partial charge on any atom is 0.115 e. The van der Waals surface area contributed by atoms with Gasteiger partial charge in [-0.25, -0.2) is 0 Å². The molecule has 2 N–H and O–H groups in total. The van der Waals surface area contributed by atoms with Gasteiger partial charge in [-0.3, -0.25) is 4.98 Å². The Hall–Kier alpha value is -1.87. The van der Waals surface area contributed by atoms with Crippen molar-refractivity contribution in [1.82, 2.24) is 10.3 Å². The summed E-state index contributed by atoms with van der Waals surface area (Å²) in [6.45, 7) is 3.22. The first-order valence-corrected chi connectivity index (χ1v) is 7.14. The van der Waals surface area contributed by atoms with Crippen molar-refractivity contribution in [2.24, 2.45) is 0 Å². The molecule has 3 heteroatoms.